The molecule has 10 heteroatoms. The second-order valence-corrected chi connectivity index (χ2v) is 7.28. The summed E-state index contributed by atoms with van der Waals surface area (Å²) in [5.74, 6) is -0.995. The molecule has 1 fully saturated rings. The summed E-state index contributed by atoms with van der Waals surface area (Å²) in [5, 5.41) is 0. The van der Waals surface area contributed by atoms with E-state index in [1.165, 1.54) is 18.5 Å². The molecule has 2 N–H and O–H groups in total. The molecule has 0 radical (unpaired) electrons. The smallest absolute Gasteiger partial charge is 0.283 e. The maximum atomic E-state index is 14.7. The Bertz CT molecular complexity index is 1100. The maximum absolute atomic E-state index is 14.7. The summed E-state index contributed by atoms with van der Waals surface area (Å²) in [6, 6.07) is 1.85. The number of amidine groups is 1. The van der Waals surface area contributed by atoms with E-state index >= 15 is 0 Å². The van der Waals surface area contributed by atoms with E-state index < -0.39 is 41.7 Å². The molecular formula is C21H17F3N4O3. The summed E-state index contributed by atoms with van der Waals surface area (Å²) in [4.78, 5) is 24.4. The first-order valence-electron chi connectivity index (χ1n) is 9.35. The van der Waals surface area contributed by atoms with Crippen molar-refractivity contribution in [1.82, 2.24) is 9.97 Å². The van der Waals surface area contributed by atoms with Gasteiger partial charge in [0.25, 0.3) is 6.02 Å². The van der Waals surface area contributed by atoms with Crippen LogP contribution in [0.3, 0.4) is 0 Å². The molecule has 1 saturated carbocycles. The van der Waals surface area contributed by atoms with Crippen LogP contribution in [0, 0.1) is 29.9 Å². The average molecular weight is 430 g/mol. The van der Waals surface area contributed by atoms with Crippen LogP contribution in [0.1, 0.15) is 28.0 Å². The van der Waals surface area contributed by atoms with Crippen molar-refractivity contribution in [3.8, 4) is 18.2 Å². The SMILES string of the molecule is C#CCOc1cnc(C(=O)Cc2cc(F)c(F)c([C@]3(CF)N=C(N)O[C@H]4C[C@H]43)c2)cn1. The number of benzene rings is 1. The van der Waals surface area contributed by atoms with Crippen LogP contribution in [0.5, 0.6) is 5.88 Å². The Morgan fingerprint density at radius 1 is 1.35 bits per heavy atom. The zero-order valence-corrected chi connectivity index (χ0v) is 16.1. The normalized spacial score (nSPS) is 23.7. The molecule has 1 aromatic carbocycles. The van der Waals surface area contributed by atoms with Gasteiger partial charge in [-0.25, -0.2) is 28.1 Å². The standard InChI is InChI=1S/C21H17F3N4O3/c1-2-3-30-18-9-26-15(8-27-18)16(29)6-11-4-13(19(24)14(23)5-11)21(10-22)12-7-17(12)31-20(25)28-21/h1,4-5,8-9,12,17H,3,6-7,10H2,(H2,25,28)/t12-,17+,21-/m1/s1. The Kier molecular flexibility index (Phi) is 5.27. The van der Waals surface area contributed by atoms with Gasteiger partial charge in [-0.15, -0.1) is 6.42 Å². The van der Waals surface area contributed by atoms with Gasteiger partial charge in [-0.1, -0.05) is 5.92 Å². The summed E-state index contributed by atoms with van der Waals surface area (Å²) >= 11 is 0. The van der Waals surface area contributed by atoms with Crippen molar-refractivity contribution in [2.24, 2.45) is 16.6 Å². The first kappa shape index (κ1) is 20.7. The van der Waals surface area contributed by atoms with Gasteiger partial charge in [0.1, 0.15) is 24.0 Å². The predicted octanol–water partition coefficient (Wildman–Crippen LogP) is 2.09. The van der Waals surface area contributed by atoms with Gasteiger partial charge < -0.3 is 15.2 Å². The van der Waals surface area contributed by atoms with Gasteiger partial charge in [-0.2, -0.15) is 0 Å². The highest BCUT2D eigenvalue weighted by Crippen LogP contribution is 2.53. The first-order chi connectivity index (χ1) is 14.9. The number of hydrogen-bond donors (Lipinski definition) is 1. The number of Topliss-reactive ketones (excluding diaryl/α,β-unsaturated/α-hetero) is 1. The number of fused-ring (bicyclic) bond motifs is 1. The van der Waals surface area contributed by atoms with E-state index in [2.05, 4.69) is 20.9 Å². The number of aliphatic imine (C=N–C) groups is 1. The first-order valence-corrected chi connectivity index (χ1v) is 9.35. The predicted molar refractivity (Wildman–Crippen MR) is 103 cm³/mol. The zero-order chi connectivity index (χ0) is 22.2. The summed E-state index contributed by atoms with van der Waals surface area (Å²) < 4.78 is 53.6. The highest BCUT2D eigenvalue weighted by Gasteiger charge is 2.60. The number of alkyl halides is 1. The second-order valence-electron chi connectivity index (χ2n) is 7.28. The minimum atomic E-state index is -1.69. The second kappa shape index (κ2) is 7.91. The summed E-state index contributed by atoms with van der Waals surface area (Å²) in [7, 11) is 0. The number of rotatable bonds is 7. The van der Waals surface area contributed by atoms with Crippen molar-refractivity contribution < 1.29 is 27.4 Å². The van der Waals surface area contributed by atoms with Gasteiger partial charge in [0.05, 0.1) is 12.4 Å². The lowest BCUT2D eigenvalue weighted by Crippen LogP contribution is -2.40. The van der Waals surface area contributed by atoms with Crippen LogP contribution in [0.4, 0.5) is 13.2 Å². The number of halogens is 3. The Hall–Kier alpha value is -3.61. The van der Waals surface area contributed by atoms with Crippen molar-refractivity contribution in [1.29, 1.82) is 0 Å². The van der Waals surface area contributed by atoms with Crippen LogP contribution in [-0.4, -0.2) is 41.2 Å². The molecule has 1 aromatic heterocycles. The van der Waals surface area contributed by atoms with Gasteiger partial charge in [-0.3, -0.25) is 4.79 Å². The van der Waals surface area contributed by atoms with E-state index in [-0.39, 0.29) is 41.8 Å². The van der Waals surface area contributed by atoms with E-state index in [1.807, 2.05) is 0 Å². The molecule has 0 spiro atoms. The molecule has 0 unspecified atom stereocenters. The van der Waals surface area contributed by atoms with Crippen LogP contribution < -0.4 is 10.5 Å². The van der Waals surface area contributed by atoms with Crippen molar-refractivity contribution >= 4 is 11.8 Å². The van der Waals surface area contributed by atoms with Crippen LogP contribution in [-0.2, 0) is 16.7 Å². The highest BCUT2D eigenvalue weighted by atomic mass is 19.2. The molecule has 31 heavy (non-hydrogen) atoms. The van der Waals surface area contributed by atoms with Gasteiger partial charge in [0.2, 0.25) is 5.88 Å². The molecule has 0 saturated heterocycles. The third-order valence-electron chi connectivity index (χ3n) is 5.27. The van der Waals surface area contributed by atoms with E-state index in [4.69, 9.17) is 21.6 Å². The summed E-state index contributed by atoms with van der Waals surface area (Å²) in [5.41, 5.74) is 3.77. The van der Waals surface area contributed by atoms with Crippen LogP contribution in [0.2, 0.25) is 0 Å². The molecule has 2 heterocycles. The molecule has 160 valence electrons. The summed E-state index contributed by atoms with van der Waals surface area (Å²) in [6.07, 6.45) is 7.22. The van der Waals surface area contributed by atoms with Gasteiger partial charge in [-0.05, 0) is 24.1 Å². The number of carbonyl (C=O) groups is 1. The molecule has 7 nitrogen and oxygen atoms in total. The lowest BCUT2D eigenvalue weighted by atomic mass is 9.84. The average Bonchev–Trinajstić information content (AvgIpc) is 3.54. The topological polar surface area (TPSA) is 99.7 Å². The van der Waals surface area contributed by atoms with Gasteiger partial charge >= 0.3 is 0 Å². The van der Waals surface area contributed by atoms with Gasteiger partial charge in [0, 0.05) is 17.9 Å². The monoisotopic (exact) mass is 430 g/mol. The van der Waals surface area contributed by atoms with Crippen molar-refractivity contribution in [3.05, 3.63) is 53.0 Å². The Morgan fingerprint density at radius 2 is 2.16 bits per heavy atom. The molecular weight excluding hydrogens is 413 g/mol. The molecule has 1 aliphatic heterocycles. The molecule has 4 rings (SSSR count). The fourth-order valence-electron chi connectivity index (χ4n) is 3.71. The number of ether oxygens (including phenoxy) is 2. The lowest BCUT2D eigenvalue weighted by Gasteiger charge is -2.31. The largest absolute Gasteiger partial charge is 0.463 e. The van der Waals surface area contributed by atoms with Crippen molar-refractivity contribution in [2.45, 2.75) is 24.5 Å². The van der Waals surface area contributed by atoms with Crippen LogP contribution in [0.15, 0.2) is 29.5 Å². The highest BCUT2D eigenvalue weighted by molar-refractivity contribution is 5.95. The number of nitrogens with zero attached hydrogens (tertiary/aromatic N) is 3. The molecule has 3 atom stereocenters. The number of nitrogens with two attached hydrogens (primary N) is 1. The molecule has 0 bridgehead atoms. The maximum Gasteiger partial charge on any atom is 0.283 e. The number of hydrogen-bond acceptors (Lipinski definition) is 7. The minimum absolute atomic E-state index is 0.00415. The molecule has 2 aromatic rings. The van der Waals surface area contributed by atoms with E-state index in [0.29, 0.717) is 6.42 Å². The fourth-order valence-corrected chi connectivity index (χ4v) is 3.71. The molecule has 0 amide bonds. The number of carbonyl (C=O) groups excluding carboxylic acids is 1. The number of terminal acetylenes is 1. The van der Waals surface area contributed by atoms with E-state index in [1.54, 1.807) is 0 Å². The molecule has 2 aliphatic rings. The van der Waals surface area contributed by atoms with Crippen LogP contribution >= 0.6 is 0 Å². The number of ketones is 1. The Balaban J connectivity index is 1.62. The third-order valence-corrected chi connectivity index (χ3v) is 5.27. The molecule has 1 aliphatic carbocycles. The fraction of sp³-hybridized carbons (Fsp3) is 0.333. The lowest BCUT2D eigenvalue weighted by molar-refractivity contribution is 0.0987. The van der Waals surface area contributed by atoms with Crippen molar-refractivity contribution in [3.63, 3.8) is 0 Å². The van der Waals surface area contributed by atoms with E-state index in [0.717, 1.165) is 6.07 Å². The minimum Gasteiger partial charge on any atom is -0.463 e. The van der Waals surface area contributed by atoms with E-state index in [9.17, 15) is 18.0 Å². The zero-order valence-electron chi connectivity index (χ0n) is 16.1. The summed E-state index contributed by atoms with van der Waals surface area (Å²) in [6.45, 7) is -1.09. The van der Waals surface area contributed by atoms with Crippen molar-refractivity contribution in [2.75, 3.05) is 13.3 Å². The van der Waals surface area contributed by atoms with Gasteiger partial charge in [0.15, 0.2) is 24.0 Å². The quantitative estimate of drug-likeness (QED) is 0.534. The third kappa shape index (κ3) is 3.79. The Morgan fingerprint density at radius 3 is 2.84 bits per heavy atom. The Labute approximate surface area is 175 Å². The number of aromatic nitrogens is 2. The van der Waals surface area contributed by atoms with Crippen LogP contribution in [0.25, 0.3) is 0 Å².